The van der Waals surface area contributed by atoms with Crippen molar-refractivity contribution < 1.29 is 9.59 Å². The van der Waals surface area contributed by atoms with Crippen LogP contribution in [0.4, 0.5) is 0 Å². The molecule has 19 heavy (non-hydrogen) atoms. The van der Waals surface area contributed by atoms with Crippen LogP contribution in [0.3, 0.4) is 0 Å². The topological polar surface area (TPSA) is 40.6 Å². The number of amides is 2. The first-order chi connectivity index (χ1) is 8.21. The van der Waals surface area contributed by atoms with E-state index in [2.05, 4.69) is 34.5 Å². The fourth-order valence-corrected chi connectivity index (χ4v) is 39.7. The molecule has 0 N–H and O–H groups in total. The van der Waals surface area contributed by atoms with Gasteiger partial charge in [0.15, 0.2) is 0 Å². The van der Waals surface area contributed by atoms with Crippen molar-refractivity contribution in [2.75, 3.05) is 28.2 Å². The monoisotopic (exact) mass is 394 g/mol. The van der Waals surface area contributed by atoms with E-state index in [1.54, 1.807) is 38.0 Å². The Morgan fingerprint density at radius 1 is 0.684 bits per heavy atom. The first-order valence-corrected chi connectivity index (χ1v) is 21.3. The molecule has 0 aliphatic carbocycles. The van der Waals surface area contributed by atoms with Crippen molar-refractivity contribution in [3.05, 3.63) is 0 Å². The van der Waals surface area contributed by atoms with Crippen molar-refractivity contribution in [1.82, 2.24) is 9.80 Å². The Labute approximate surface area is 123 Å². The zero-order valence-electron chi connectivity index (χ0n) is 14.2. The molecule has 0 aliphatic heterocycles. The van der Waals surface area contributed by atoms with Crippen molar-refractivity contribution in [3.63, 3.8) is 0 Å². The molecule has 0 saturated heterocycles. The van der Waals surface area contributed by atoms with Gasteiger partial charge in [0.25, 0.3) is 0 Å². The van der Waals surface area contributed by atoms with Crippen LogP contribution in [-0.2, 0) is 9.59 Å². The Morgan fingerprint density at radius 3 is 1.00 bits per heavy atom. The summed E-state index contributed by atoms with van der Waals surface area (Å²) in [6.45, 7) is 0. The van der Waals surface area contributed by atoms with Crippen LogP contribution in [0.5, 0.6) is 0 Å². The average Bonchev–Trinajstić information content (AvgIpc) is 2.12. The zero-order chi connectivity index (χ0) is 15.8. The second-order valence-electron chi connectivity index (χ2n) is 7.65. The Hall–Kier alpha value is 0.0257. The summed E-state index contributed by atoms with van der Waals surface area (Å²) in [6.07, 6.45) is 0. The predicted molar refractivity (Wildman–Crippen MR) is 86.8 cm³/mol. The standard InChI is InChI=1S/C13H30Ge2N2O2/c1-14(2,3)13(15(4,5)6,11(18)16(7)8)12(19)17(9)10/h1-10H3. The van der Waals surface area contributed by atoms with Crippen LogP contribution in [0.2, 0.25) is 37.6 Å². The molecule has 2 amide bonds. The third-order valence-corrected chi connectivity index (χ3v) is 31.3. The van der Waals surface area contributed by atoms with Gasteiger partial charge in [0.1, 0.15) is 0 Å². The summed E-state index contributed by atoms with van der Waals surface area (Å²) in [7, 11) is 7.06. The Balaban J connectivity index is 6.40. The van der Waals surface area contributed by atoms with E-state index in [1.807, 2.05) is 0 Å². The quantitative estimate of drug-likeness (QED) is 0.544. The molecular formula is C13H30Ge2N2O2. The Morgan fingerprint density at radius 2 is 0.895 bits per heavy atom. The summed E-state index contributed by atoms with van der Waals surface area (Å²) >= 11 is -5.19. The molecule has 0 rings (SSSR count). The predicted octanol–water partition coefficient (Wildman–Crippen LogP) is 2.12. The van der Waals surface area contributed by atoms with Crippen molar-refractivity contribution in [2.24, 2.45) is 0 Å². The first kappa shape index (κ1) is 19.0. The fraction of sp³-hybridized carbons (Fsp3) is 0.846. The van der Waals surface area contributed by atoms with Crippen LogP contribution in [0.15, 0.2) is 0 Å². The molecule has 0 heterocycles. The zero-order valence-corrected chi connectivity index (χ0v) is 18.4. The average molecular weight is 392 g/mol. The molecule has 0 spiro atoms. The molecule has 0 bridgehead atoms. The van der Waals surface area contributed by atoms with Crippen LogP contribution in [-0.4, -0.2) is 76.3 Å². The summed E-state index contributed by atoms with van der Waals surface area (Å²) in [5.74, 6) is 13.2. The van der Waals surface area contributed by atoms with Gasteiger partial charge in [-0.2, -0.15) is 0 Å². The minimum absolute atomic E-state index is 0.0335. The summed E-state index contributed by atoms with van der Waals surface area (Å²) in [6, 6.07) is 0. The van der Waals surface area contributed by atoms with Gasteiger partial charge in [0.05, 0.1) is 0 Å². The van der Waals surface area contributed by atoms with E-state index in [0.717, 1.165) is 0 Å². The molecule has 0 radical (unpaired) electrons. The van der Waals surface area contributed by atoms with Gasteiger partial charge in [0.2, 0.25) is 0 Å². The molecule has 112 valence electrons. The van der Waals surface area contributed by atoms with E-state index in [9.17, 15) is 9.59 Å². The van der Waals surface area contributed by atoms with Gasteiger partial charge in [-0.3, -0.25) is 0 Å². The second kappa shape index (κ2) is 5.80. The first-order valence-electron chi connectivity index (χ1n) is 6.64. The molecule has 0 aromatic heterocycles. The number of rotatable bonds is 4. The van der Waals surface area contributed by atoms with Crippen molar-refractivity contribution in [3.8, 4) is 0 Å². The molecule has 0 aromatic carbocycles. The van der Waals surface area contributed by atoms with Crippen LogP contribution in [0.1, 0.15) is 0 Å². The van der Waals surface area contributed by atoms with Gasteiger partial charge in [-0.05, 0) is 0 Å². The van der Waals surface area contributed by atoms with Gasteiger partial charge in [-0.1, -0.05) is 0 Å². The van der Waals surface area contributed by atoms with Crippen LogP contribution in [0, 0.1) is 0 Å². The third kappa shape index (κ3) is 3.20. The van der Waals surface area contributed by atoms with Crippen molar-refractivity contribution in [2.45, 2.75) is 37.6 Å². The van der Waals surface area contributed by atoms with E-state index in [1.165, 1.54) is 0 Å². The number of hydrogen-bond donors (Lipinski definition) is 0. The number of carbonyl (C=O) groups is 2. The summed E-state index contributed by atoms with van der Waals surface area (Å²) in [5, 5.41) is 0. The van der Waals surface area contributed by atoms with Gasteiger partial charge >= 0.3 is 124 Å². The molecule has 4 nitrogen and oxygen atoms in total. The number of hydrogen-bond acceptors (Lipinski definition) is 2. The molecule has 0 fully saturated rings. The molecule has 0 saturated carbocycles. The fourth-order valence-electron chi connectivity index (χ4n) is 3.17. The molecule has 0 atom stereocenters. The normalized spacial score (nSPS) is 13.2. The molecule has 0 unspecified atom stereocenters. The Kier molecular flexibility index (Phi) is 5.80. The van der Waals surface area contributed by atoms with Gasteiger partial charge in [-0.15, -0.1) is 0 Å². The Bertz CT molecular complexity index is 330. The van der Waals surface area contributed by atoms with Crippen LogP contribution in [0.25, 0.3) is 0 Å². The summed E-state index contributed by atoms with van der Waals surface area (Å²) < 4.78 is -0.715. The van der Waals surface area contributed by atoms with Crippen molar-refractivity contribution in [1.29, 1.82) is 0 Å². The van der Waals surface area contributed by atoms with Crippen LogP contribution < -0.4 is 0 Å². The molecule has 0 aromatic rings. The summed E-state index contributed by atoms with van der Waals surface area (Å²) in [4.78, 5) is 29.2. The van der Waals surface area contributed by atoms with Gasteiger partial charge in [-0.25, -0.2) is 0 Å². The van der Waals surface area contributed by atoms with E-state index in [-0.39, 0.29) is 11.8 Å². The third-order valence-electron chi connectivity index (χ3n) is 3.70. The van der Waals surface area contributed by atoms with Crippen LogP contribution >= 0.6 is 0 Å². The molecule has 0 aliphatic rings. The molecular weight excluding hydrogens is 361 g/mol. The summed E-state index contributed by atoms with van der Waals surface area (Å²) in [5.41, 5.74) is 0. The molecule has 6 heteroatoms. The number of nitrogens with zero attached hydrogens (tertiary/aromatic N) is 2. The van der Waals surface area contributed by atoms with Gasteiger partial charge in [0, 0.05) is 0 Å². The van der Waals surface area contributed by atoms with E-state index in [0.29, 0.717) is 0 Å². The van der Waals surface area contributed by atoms with E-state index in [4.69, 9.17) is 0 Å². The minimum atomic E-state index is -2.59. The maximum atomic E-state index is 13.0. The van der Waals surface area contributed by atoms with E-state index >= 15 is 0 Å². The van der Waals surface area contributed by atoms with Gasteiger partial charge < -0.3 is 0 Å². The van der Waals surface area contributed by atoms with Crippen molar-refractivity contribution >= 4 is 38.3 Å². The maximum absolute atomic E-state index is 13.0. The number of carbonyl (C=O) groups excluding carboxylic acids is 2. The van der Waals surface area contributed by atoms with E-state index < -0.39 is 29.6 Å². The SMILES string of the molecule is CN(C)C(=O)[C](C(=O)N(C)C)([Ge]([CH3])([CH3])[CH3])[Ge]([CH3])([CH3])[CH3]. The second-order valence-corrected chi connectivity index (χ2v) is 31.9.